The van der Waals surface area contributed by atoms with Gasteiger partial charge in [0, 0.05) is 50.0 Å². The molecule has 3 aromatic rings. The second-order valence-corrected chi connectivity index (χ2v) is 9.22. The van der Waals surface area contributed by atoms with Crippen LogP contribution in [0.5, 0.6) is 0 Å². The van der Waals surface area contributed by atoms with Crippen molar-refractivity contribution < 1.29 is 19.7 Å². The van der Waals surface area contributed by atoms with E-state index in [-0.39, 0.29) is 24.5 Å². The number of nitrogens with zero attached hydrogens (tertiary/aromatic N) is 3. The van der Waals surface area contributed by atoms with Gasteiger partial charge in [-0.3, -0.25) is 14.9 Å². The van der Waals surface area contributed by atoms with Gasteiger partial charge in [-0.1, -0.05) is 6.07 Å². The summed E-state index contributed by atoms with van der Waals surface area (Å²) in [5, 5.41) is 21.9. The van der Waals surface area contributed by atoms with Gasteiger partial charge in [-0.05, 0) is 50.5 Å². The van der Waals surface area contributed by atoms with E-state index in [1.807, 2.05) is 30.5 Å². The van der Waals surface area contributed by atoms with Gasteiger partial charge >= 0.3 is 5.97 Å². The molecule has 1 aromatic carbocycles. The predicted molar refractivity (Wildman–Crippen MR) is 136 cm³/mol. The molecule has 9 nitrogen and oxygen atoms in total. The number of rotatable bonds is 8. The third kappa shape index (κ3) is 5.92. The molecule has 0 spiro atoms. The maximum Gasteiger partial charge on any atom is 0.323 e. The molecular weight excluding hydrogens is 472 g/mol. The van der Waals surface area contributed by atoms with Crippen molar-refractivity contribution in [3.63, 3.8) is 0 Å². The summed E-state index contributed by atoms with van der Waals surface area (Å²) in [6, 6.07) is 6.71. The van der Waals surface area contributed by atoms with Crippen LogP contribution in [0.4, 0.5) is 0 Å². The number of aliphatic hydroxyl groups excluding tert-OH is 1. The van der Waals surface area contributed by atoms with E-state index in [9.17, 15) is 19.8 Å². The van der Waals surface area contributed by atoms with Crippen molar-refractivity contribution in [1.82, 2.24) is 19.4 Å². The summed E-state index contributed by atoms with van der Waals surface area (Å²) < 4.78 is 9.47. The fourth-order valence-corrected chi connectivity index (χ4v) is 4.59. The SMILES string of the molecule is Cc1cc(-c2nc3cc(CN[C@H](C(=O)O)[C@@H](C)O)ccc3n2C[C@H]2CCCOC2)cn(C)c1=O.Cl. The molecule has 2 aromatic heterocycles. The summed E-state index contributed by atoms with van der Waals surface area (Å²) in [7, 11) is 1.74. The highest BCUT2D eigenvalue weighted by Gasteiger charge is 2.23. The largest absolute Gasteiger partial charge is 0.480 e. The van der Waals surface area contributed by atoms with Crippen LogP contribution in [0, 0.1) is 12.8 Å². The van der Waals surface area contributed by atoms with Crippen molar-refractivity contribution in [3.8, 4) is 11.4 Å². The fraction of sp³-hybridized carbons (Fsp3) is 0.480. The van der Waals surface area contributed by atoms with E-state index >= 15 is 0 Å². The molecule has 35 heavy (non-hydrogen) atoms. The zero-order valence-corrected chi connectivity index (χ0v) is 21.0. The molecule has 3 N–H and O–H groups in total. The number of hydrogen-bond donors (Lipinski definition) is 3. The van der Waals surface area contributed by atoms with E-state index in [1.54, 1.807) is 18.5 Å². The molecule has 190 valence electrons. The second kappa shape index (κ2) is 11.3. The van der Waals surface area contributed by atoms with E-state index in [0.717, 1.165) is 54.0 Å². The van der Waals surface area contributed by atoms with E-state index in [1.165, 1.54) is 6.92 Å². The molecule has 0 aliphatic carbocycles. The van der Waals surface area contributed by atoms with Gasteiger partial charge in [0.15, 0.2) is 0 Å². The number of carbonyl (C=O) groups is 1. The minimum absolute atomic E-state index is 0. The quantitative estimate of drug-likeness (QED) is 0.431. The topological polar surface area (TPSA) is 119 Å². The molecule has 0 amide bonds. The standard InChI is InChI=1S/C25H32N4O5.ClH/c1-15-9-19(13-28(3)24(15)31)23-27-20-10-17(11-26-22(16(2)30)25(32)33)6-7-21(20)29(23)12-18-5-4-8-34-14-18;/h6-7,9-10,13,16,18,22,26,30H,4-5,8,11-12,14H2,1-3H3,(H,32,33);1H/t16-,18-,22+;/m1./s1. The number of imidazole rings is 1. The van der Waals surface area contributed by atoms with Crippen molar-refractivity contribution in [2.75, 3.05) is 13.2 Å². The molecule has 10 heteroatoms. The van der Waals surface area contributed by atoms with E-state index in [2.05, 4.69) is 9.88 Å². The molecule has 1 aliphatic heterocycles. The van der Waals surface area contributed by atoms with E-state index in [0.29, 0.717) is 18.1 Å². The molecule has 3 atom stereocenters. The van der Waals surface area contributed by atoms with Crippen LogP contribution >= 0.6 is 12.4 Å². The maximum absolute atomic E-state index is 12.2. The Balaban J connectivity index is 0.00000342. The average molecular weight is 505 g/mol. The highest BCUT2D eigenvalue weighted by molar-refractivity contribution is 5.85. The molecule has 3 heterocycles. The van der Waals surface area contributed by atoms with Crippen molar-refractivity contribution in [3.05, 3.63) is 51.9 Å². The lowest BCUT2D eigenvalue weighted by Gasteiger charge is -2.23. The summed E-state index contributed by atoms with van der Waals surface area (Å²) in [6.07, 6.45) is 2.92. The number of halogens is 1. The molecule has 1 fully saturated rings. The van der Waals surface area contributed by atoms with E-state index in [4.69, 9.17) is 9.72 Å². The molecule has 0 unspecified atom stereocenters. The second-order valence-electron chi connectivity index (χ2n) is 9.22. The molecule has 0 radical (unpaired) electrons. The molecular formula is C25H33ClN4O5. The first kappa shape index (κ1) is 26.9. The monoisotopic (exact) mass is 504 g/mol. The van der Waals surface area contributed by atoms with Crippen molar-refractivity contribution >= 4 is 29.4 Å². The molecule has 0 bridgehead atoms. The van der Waals surface area contributed by atoms with Crippen molar-refractivity contribution in [1.29, 1.82) is 0 Å². The minimum atomic E-state index is -1.09. The molecule has 4 rings (SSSR count). The van der Waals surface area contributed by atoms with Gasteiger partial charge in [-0.15, -0.1) is 12.4 Å². The van der Waals surface area contributed by atoms with Crippen LogP contribution in [0.15, 0.2) is 35.3 Å². The van der Waals surface area contributed by atoms with Gasteiger partial charge in [0.2, 0.25) is 0 Å². The van der Waals surface area contributed by atoms with Crippen LogP contribution in [0.1, 0.15) is 30.9 Å². The number of benzene rings is 1. The first-order valence-corrected chi connectivity index (χ1v) is 11.6. The first-order chi connectivity index (χ1) is 16.2. The van der Waals surface area contributed by atoms with Gasteiger partial charge in [-0.2, -0.15) is 0 Å². The number of fused-ring (bicyclic) bond motifs is 1. The Hall–Kier alpha value is -2.72. The maximum atomic E-state index is 12.2. The van der Waals surface area contributed by atoms with Gasteiger partial charge in [0.25, 0.3) is 5.56 Å². The lowest BCUT2D eigenvalue weighted by Crippen LogP contribution is -2.44. The van der Waals surface area contributed by atoms with Crippen molar-refractivity contribution in [2.24, 2.45) is 13.0 Å². The number of carboxylic acids is 1. The Kier molecular flexibility index (Phi) is 8.71. The van der Waals surface area contributed by atoms with Crippen LogP contribution in [0.25, 0.3) is 22.4 Å². The van der Waals surface area contributed by atoms with Gasteiger partial charge in [-0.25, -0.2) is 4.98 Å². The third-order valence-corrected chi connectivity index (χ3v) is 6.40. The van der Waals surface area contributed by atoms with Crippen LogP contribution in [0.3, 0.4) is 0 Å². The summed E-state index contributed by atoms with van der Waals surface area (Å²) in [4.78, 5) is 28.6. The lowest BCUT2D eigenvalue weighted by molar-refractivity contribution is -0.142. The highest BCUT2D eigenvalue weighted by atomic mass is 35.5. The molecule has 1 aliphatic rings. The van der Waals surface area contributed by atoms with Crippen LogP contribution in [-0.2, 0) is 29.7 Å². The number of aliphatic hydroxyl groups is 1. The minimum Gasteiger partial charge on any atom is -0.480 e. The summed E-state index contributed by atoms with van der Waals surface area (Å²) in [6.45, 7) is 5.81. The van der Waals surface area contributed by atoms with Gasteiger partial charge in [0.05, 0.1) is 23.7 Å². The van der Waals surface area contributed by atoms with Crippen LogP contribution < -0.4 is 10.9 Å². The number of pyridine rings is 1. The molecule has 1 saturated heterocycles. The highest BCUT2D eigenvalue weighted by Crippen LogP contribution is 2.28. The number of aryl methyl sites for hydroxylation is 2. The summed E-state index contributed by atoms with van der Waals surface area (Å²) >= 11 is 0. The Morgan fingerprint density at radius 3 is 2.74 bits per heavy atom. The lowest BCUT2D eigenvalue weighted by atomic mass is 10.0. The number of nitrogens with one attached hydrogen (secondary N) is 1. The zero-order chi connectivity index (χ0) is 24.4. The number of carboxylic acid groups (broad SMARTS) is 1. The number of hydrogen-bond acceptors (Lipinski definition) is 6. The van der Waals surface area contributed by atoms with Crippen LogP contribution in [0.2, 0.25) is 0 Å². The number of aliphatic carboxylic acids is 1. The Bertz CT molecular complexity index is 1220. The van der Waals surface area contributed by atoms with E-state index < -0.39 is 18.1 Å². The predicted octanol–water partition coefficient (Wildman–Crippen LogP) is 2.48. The fourth-order valence-electron chi connectivity index (χ4n) is 4.59. The summed E-state index contributed by atoms with van der Waals surface area (Å²) in [5.74, 6) is 0.0708. The summed E-state index contributed by atoms with van der Waals surface area (Å²) in [5.41, 5.74) is 4.12. The first-order valence-electron chi connectivity index (χ1n) is 11.6. The Labute approximate surface area is 210 Å². The van der Waals surface area contributed by atoms with Gasteiger partial charge < -0.3 is 24.1 Å². The smallest absolute Gasteiger partial charge is 0.323 e. The molecule has 0 saturated carbocycles. The van der Waals surface area contributed by atoms with Crippen LogP contribution in [-0.4, -0.2) is 55.7 Å². The van der Waals surface area contributed by atoms with Crippen molar-refractivity contribution in [2.45, 2.75) is 51.9 Å². The Morgan fingerprint density at radius 1 is 1.34 bits per heavy atom. The normalized spacial score (nSPS) is 17.7. The number of aromatic nitrogens is 3. The number of ether oxygens (including phenoxy) is 1. The average Bonchev–Trinajstić information content (AvgIpc) is 3.15. The Morgan fingerprint density at radius 2 is 2.11 bits per heavy atom. The third-order valence-electron chi connectivity index (χ3n) is 6.40. The zero-order valence-electron chi connectivity index (χ0n) is 20.2. The van der Waals surface area contributed by atoms with Gasteiger partial charge in [0.1, 0.15) is 11.9 Å².